The van der Waals surface area contributed by atoms with Gasteiger partial charge in [0.05, 0.1) is 10.6 Å². The smallest absolute Gasteiger partial charge is 0.433 e. The van der Waals surface area contributed by atoms with Crippen LogP contribution in [0.1, 0.15) is 0 Å². The minimum Gasteiger partial charge on any atom is -0.433 e. The first-order valence-corrected chi connectivity index (χ1v) is 8.97. The second-order valence-corrected chi connectivity index (χ2v) is 6.66. The van der Waals surface area contributed by atoms with Gasteiger partial charge in [-0.2, -0.15) is 0 Å². The number of nitro groups is 1. The molecule has 0 unspecified atom stereocenters. The molecule has 0 aliphatic rings. The molecule has 0 spiro atoms. The first-order valence-electron chi connectivity index (χ1n) is 6.65. The average Bonchev–Trinajstić information content (AvgIpc) is 2.56. The minimum absolute atomic E-state index is 0.0852. The number of nitrogens with zero attached hydrogens (tertiary/aromatic N) is 2. The molecule has 0 radical (unpaired) electrons. The van der Waals surface area contributed by atoms with Gasteiger partial charge in [-0.3, -0.25) is 10.1 Å². The zero-order valence-electron chi connectivity index (χ0n) is 12.3. The highest BCUT2D eigenvalue weighted by Gasteiger charge is 2.09. The molecule has 10 heteroatoms. The third-order valence-corrected chi connectivity index (χ3v) is 4.85. The van der Waals surface area contributed by atoms with E-state index in [2.05, 4.69) is 4.98 Å². The Morgan fingerprint density at radius 1 is 1.29 bits per heavy atom. The highest BCUT2D eigenvalue weighted by molar-refractivity contribution is 8.76. The number of ether oxygens (including phenoxy) is 2. The summed E-state index contributed by atoms with van der Waals surface area (Å²) in [5.41, 5.74) is 6.26. The van der Waals surface area contributed by atoms with Crippen molar-refractivity contribution in [2.24, 2.45) is 0 Å². The highest BCUT2D eigenvalue weighted by Crippen LogP contribution is 2.32. The van der Waals surface area contributed by atoms with Gasteiger partial charge in [0.15, 0.2) is 0 Å². The lowest BCUT2D eigenvalue weighted by atomic mass is 10.3. The molecule has 2 aromatic rings. The molecule has 0 atom stereocenters. The van der Waals surface area contributed by atoms with Crippen molar-refractivity contribution in [1.29, 1.82) is 0 Å². The Morgan fingerprint density at radius 3 is 2.71 bits per heavy atom. The molecule has 0 aliphatic carbocycles. The van der Waals surface area contributed by atoms with Crippen molar-refractivity contribution in [3.8, 4) is 5.75 Å². The number of carbonyl (C=O) groups excluding carboxylic acids is 1. The Kier molecular flexibility index (Phi) is 6.70. The van der Waals surface area contributed by atoms with Gasteiger partial charge in [-0.15, -0.1) is 0 Å². The summed E-state index contributed by atoms with van der Waals surface area (Å²) in [6.45, 7) is 0.149. The number of benzene rings is 1. The molecule has 126 valence electrons. The highest BCUT2D eigenvalue weighted by atomic mass is 33.1. The van der Waals surface area contributed by atoms with Crippen LogP contribution in [0.25, 0.3) is 0 Å². The zero-order chi connectivity index (χ0) is 17.4. The predicted molar refractivity (Wildman–Crippen MR) is 92.0 cm³/mol. The van der Waals surface area contributed by atoms with E-state index in [0.29, 0.717) is 16.5 Å². The average molecular weight is 367 g/mol. The zero-order valence-corrected chi connectivity index (χ0v) is 13.9. The van der Waals surface area contributed by atoms with Crippen molar-refractivity contribution in [3.05, 3.63) is 52.7 Å². The fourth-order valence-electron chi connectivity index (χ4n) is 1.49. The van der Waals surface area contributed by atoms with Gasteiger partial charge < -0.3 is 15.2 Å². The Labute approximate surface area is 145 Å². The van der Waals surface area contributed by atoms with Crippen LogP contribution < -0.4 is 10.5 Å². The summed E-state index contributed by atoms with van der Waals surface area (Å²) < 4.78 is 9.81. The molecule has 0 bridgehead atoms. The van der Waals surface area contributed by atoms with E-state index in [1.807, 2.05) is 0 Å². The van der Waals surface area contributed by atoms with Crippen molar-refractivity contribution in [3.63, 3.8) is 0 Å². The molecule has 8 nitrogen and oxygen atoms in total. The van der Waals surface area contributed by atoms with E-state index in [-0.39, 0.29) is 18.0 Å². The molecule has 1 aromatic heterocycles. The lowest BCUT2D eigenvalue weighted by Crippen LogP contribution is -2.12. The van der Waals surface area contributed by atoms with Gasteiger partial charge in [-0.1, -0.05) is 10.8 Å². The number of hydrogen-bond donors (Lipinski definition) is 1. The molecular weight excluding hydrogens is 354 g/mol. The molecule has 1 aromatic carbocycles. The van der Waals surface area contributed by atoms with Crippen molar-refractivity contribution < 1.29 is 19.2 Å². The molecule has 24 heavy (non-hydrogen) atoms. The molecule has 2 rings (SSSR count). The van der Waals surface area contributed by atoms with Crippen LogP contribution in [0.4, 0.5) is 16.2 Å². The van der Waals surface area contributed by atoms with Gasteiger partial charge in [0.1, 0.15) is 17.4 Å². The van der Waals surface area contributed by atoms with E-state index in [0.717, 1.165) is 0 Å². The van der Waals surface area contributed by atoms with E-state index < -0.39 is 11.1 Å². The third-order valence-electron chi connectivity index (χ3n) is 2.57. The summed E-state index contributed by atoms with van der Waals surface area (Å²) in [6.07, 6.45) is 0.781. The molecule has 0 aliphatic heterocycles. The number of hydrogen-bond acceptors (Lipinski definition) is 9. The van der Waals surface area contributed by atoms with Gasteiger partial charge in [-0.25, -0.2) is 9.78 Å². The molecule has 0 fully saturated rings. The quantitative estimate of drug-likeness (QED) is 0.196. The van der Waals surface area contributed by atoms with Crippen LogP contribution in [0.15, 0.2) is 47.6 Å². The first-order chi connectivity index (χ1) is 11.6. The minimum atomic E-state index is -0.869. The van der Waals surface area contributed by atoms with Crippen molar-refractivity contribution in [1.82, 2.24) is 4.98 Å². The first kappa shape index (κ1) is 17.9. The number of nitro benzene ring substituents is 1. The van der Waals surface area contributed by atoms with Crippen molar-refractivity contribution in [2.75, 3.05) is 18.1 Å². The number of rotatable bonds is 7. The second-order valence-electron chi connectivity index (χ2n) is 4.25. The monoisotopic (exact) mass is 367 g/mol. The van der Waals surface area contributed by atoms with Crippen LogP contribution in [-0.2, 0) is 4.74 Å². The summed E-state index contributed by atoms with van der Waals surface area (Å²) in [6, 6.07) is 8.65. The molecule has 1 heterocycles. The number of aromatic nitrogens is 1. The Bertz CT molecular complexity index is 712. The standard InChI is InChI=1S/C14H13N3O5S2/c15-12-2-1-7-16-13(12)24-23-9-8-21-14(18)22-11-5-3-10(4-6-11)17(19)20/h1-7H,8-9,15H2. The predicted octanol–water partition coefficient (Wildman–Crippen LogP) is 3.53. The number of carbonyl (C=O) groups is 1. The summed E-state index contributed by atoms with van der Waals surface area (Å²) in [5, 5.41) is 11.2. The number of non-ortho nitro benzene ring substituents is 1. The van der Waals surface area contributed by atoms with E-state index >= 15 is 0 Å². The van der Waals surface area contributed by atoms with E-state index in [1.54, 1.807) is 18.3 Å². The van der Waals surface area contributed by atoms with E-state index in [4.69, 9.17) is 15.2 Å². The largest absolute Gasteiger partial charge is 0.513 e. The maximum Gasteiger partial charge on any atom is 0.513 e. The summed E-state index contributed by atoms with van der Waals surface area (Å²) >= 11 is 0. The Hall–Kier alpha value is -2.46. The molecule has 0 saturated carbocycles. The Morgan fingerprint density at radius 2 is 2.04 bits per heavy atom. The van der Waals surface area contributed by atoms with Crippen LogP contribution >= 0.6 is 21.6 Å². The van der Waals surface area contributed by atoms with Gasteiger partial charge in [0.25, 0.3) is 5.69 Å². The van der Waals surface area contributed by atoms with E-state index in [1.165, 1.54) is 45.9 Å². The lowest BCUT2D eigenvalue weighted by Gasteiger charge is -2.06. The fourth-order valence-corrected chi connectivity index (χ4v) is 3.31. The van der Waals surface area contributed by atoms with Crippen LogP contribution in [0.3, 0.4) is 0 Å². The topological polar surface area (TPSA) is 118 Å². The van der Waals surface area contributed by atoms with Crippen LogP contribution in [0, 0.1) is 10.1 Å². The number of nitrogens with two attached hydrogens (primary N) is 1. The van der Waals surface area contributed by atoms with Crippen molar-refractivity contribution in [2.45, 2.75) is 5.03 Å². The van der Waals surface area contributed by atoms with Gasteiger partial charge in [0, 0.05) is 24.1 Å². The van der Waals surface area contributed by atoms with Crippen molar-refractivity contribution >= 4 is 39.1 Å². The molecule has 0 amide bonds. The van der Waals surface area contributed by atoms with Crippen LogP contribution in [-0.4, -0.2) is 28.4 Å². The number of pyridine rings is 1. The molecule has 2 N–H and O–H groups in total. The van der Waals surface area contributed by atoms with Crippen LogP contribution in [0.5, 0.6) is 5.75 Å². The third kappa shape index (κ3) is 5.63. The lowest BCUT2D eigenvalue weighted by molar-refractivity contribution is -0.384. The van der Waals surface area contributed by atoms with Crippen LogP contribution in [0.2, 0.25) is 0 Å². The maximum atomic E-state index is 11.5. The number of nitrogen functional groups attached to an aromatic ring is 1. The second kappa shape index (κ2) is 8.99. The van der Waals surface area contributed by atoms with Gasteiger partial charge in [-0.05, 0) is 35.1 Å². The SMILES string of the molecule is Nc1cccnc1SSCCOC(=O)Oc1ccc([N+](=O)[O-])cc1. The summed E-state index contributed by atoms with van der Waals surface area (Å²) in [7, 11) is 2.83. The molecule has 0 saturated heterocycles. The number of anilines is 1. The summed E-state index contributed by atoms with van der Waals surface area (Å²) in [4.78, 5) is 25.6. The van der Waals surface area contributed by atoms with Gasteiger partial charge in [0.2, 0.25) is 0 Å². The fraction of sp³-hybridized carbons (Fsp3) is 0.143. The summed E-state index contributed by atoms with van der Waals surface area (Å²) in [5.74, 6) is 0.699. The van der Waals surface area contributed by atoms with E-state index in [9.17, 15) is 14.9 Å². The van der Waals surface area contributed by atoms with Gasteiger partial charge >= 0.3 is 6.16 Å². The normalized spacial score (nSPS) is 10.2. The Balaban J connectivity index is 1.66. The molecular formula is C14H13N3O5S2. The maximum absolute atomic E-state index is 11.5.